The summed E-state index contributed by atoms with van der Waals surface area (Å²) in [7, 11) is 0. The number of carbonyl (C=O) groups is 1. The third kappa shape index (κ3) is 4.91. The average molecular weight is 552 g/mol. The minimum absolute atomic E-state index is 0.110. The van der Waals surface area contributed by atoms with Gasteiger partial charge in [-0.25, -0.2) is 0 Å². The van der Waals surface area contributed by atoms with Gasteiger partial charge >= 0.3 is 0 Å². The number of fused-ring (bicyclic) bond motifs is 3. The van der Waals surface area contributed by atoms with Crippen LogP contribution in [0.15, 0.2) is 96.2 Å². The molecule has 2 heterocycles. The highest BCUT2D eigenvalue weighted by Gasteiger charge is 2.18. The number of halogens is 1. The Balaban J connectivity index is 1.26. The number of hydrogen-bond donors (Lipinski definition) is 1. The van der Waals surface area contributed by atoms with Gasteiger partial charge < -0.3 is 9.88 Å². The van der Waals surface area contributed by atoms with E-state index >= 15 is 0 Å². The highest BCUT2D eigenvalue weighted by molar-refractivity contribution is 7.99. The standard InChI is InChI=1S/C31H26ClN5OS/c1-3-36-27-10-5-4-9-25(27)26-18-23(13-16-28(26)36)33-29(38)19-39-31-35-34-30(21-8-6-7-20(2)17-21)37(31)24-14-11-22(32)12-15-24/h4-18H,3,19H2,1-2H3,(H,33,38). The maximum Gasteiger partial charge on any atom is 0.234 e. The summed E-state index contributed by atoms with van der Waals surface area (Å²) in [6.45, 7) is 5.07. The zero-order valence-electron chi connectivity index (χ0n) is 21.6. The first-order valence-electron chi connectivity index (χ1n) is 12.7. The second-order valence-corrected chi connectivity index (χ2v) is 10.7. The fraction of sp³-hybridized carbons (Fsp3) is 0.129. The second kappa shape index (κ2) is 10.6. The van der Waals surface area contributed by atoms with Gasteiger partial charge in [-0.05, 0) is 68.4 Å². The summed E-state index contributed by atoms with van der Waals surface area (Å²) in [5.74, 6) is 0.789. The summed E-state index contributed by atoms with van der Waals surface area (Å²) in [5, 5.41) is 15.6. The number of nitrogens with zero attached hydrogens (tertiary/aromatic N) is 4. The number of hydrogen-bond acceptors (Lipinski definition) is 4. The predicted octanol–water partition coefficient (Wildman–Crippen LogP) is 7.75. The molecule has 0 saturated heterocycles. The van der Waals surface area contributed by atoms with Crippen LogP contribution in [0, 0.1) is 6.92 Å². The molecule has 0 atom stereocenters. The molecule has 39 heavy (non-hydrogen) atoms. The van der Waals surface area contributed by atoms with E-state index in [2.05, 4.69) is 63.4 Å². The Morgan fingerprint density at radius 2 is 1.69 bits per heavy atom. The van der Waals surface area contributed by atoms with Crippen LogP contribution in [-0.2, 0) is 11.3 Å². The van der Waals surface area contributed by atoms with Crippen molar-refractivity contribution < 1.29 is 4.79 Å². The van der Waals surface area contributed by atoms with E-state index in [9.17, 15) is 4.79 Å². The fourth-order valence-electron chi connectivity index (χ4n) is 4.96. The number of aromatic nitrogens is 4. The molecule has 194 valence electrons. The lowest BCUT2D eigenvalue weighted by Gasteiger charge is -2.11. The molecule has 0 aliphatic heterocycles. The zero-order valence-corrected chi connectivity index (χ0v) is 23.1. The summed E-state index contributed by atoms with van der Waals surface area (Å²) < 4.78 is 4.26. The summed E-state index contributed by atoms with van der Waals surface area (Å²) in [4.78, 5) is 13.0. The van der Waals surface area contributed by atoms with E-state index in [-0.39, 0.29) is 11.7 Å². The molecular formula is C31H26ClN5OS. The Labute approximate surface area is 235 Å². The van der Waals surface area contributed by atoms with Gasteiger partial charge in [-0.3, -0.25) is 9.36 Å². The van der Waals surface area contributed by atoms with Crippen LogP contribution in [0.4, 0.5) is 5.69 Å². The average Bonchev–Trinajstić information content (AvgIpc) is 3.51. The summed E-state index contributed by atoms with van der Waals surface area (Å²) in [5.41, 5.74) is 6.08. The van der Waals surface area contributed by atoms with Crippen molar-refractivity contribution in [2.45, 2.75) is 25.5 Å². The lowest BCUT2D eigenvalue weighted by molar-refractivity contribution is -0.113. The van der Waals surface area contributed by atoms with E-state index in [4.69, 9.17) is 11.6 Å². The highest BCUT2D eigenvalue weighted by Crippen LogP contribution is 2.32. The Hall–Kier alpha value is -4.07. The molecule has 0 aliphatic rings. The monoisotopic (exact) mass is 551 g/mol. The third-order valence-corrected chi connectivity index (χ3v) is 7.88. The van der Waals surface area contributed by atoms with Gasteiger partial charge in [-0.15, -0.1) is 10.2 Å². The third-order valence-electron chi connectivity index (χ3n) is 6.70. The number of anilines is 1. The fourth-order valence-corrected chi connectivity index (χ4v) is 5.83. The van der Waals surface area contributed by atoms with E-state index in [0.29, 0.717) is 16.0 Å². The maximum absolute atomic E-state index is 13.0. The highest BCUT2D eigenvalue weighted by atomic mass is 35.5. The Kier molecular flexibility index (Phi) is 6.85. The number of rotatable bonds is 7. The molecule has 6 nitrogen and oxygen atoms in total. The Morgan fingerprint density at radius 1 is 0.897 bits per heavy atom. The van der Waals surface area contributed by atoms with E-state index in [1.807, 2.05) is 66.1 Å². The lowest BCUT2D eigenvalue weighted by atomic mass is 10.1. The van der Waals surface area contributed by atoms with E-state index in [1.54, 1.807) is 0 Å². The van der Waals surface area contributed by atoms with Crippen molar-refractivity contribution in [3.05, 3.63) is 102 Å². The smallest absolute Gasteiger partial charge is 0.234 e. The maximum atomic E-state index is 13.0. The topological polar surface area (TPSA) is 64.7 Å². The van der Waals surface area contributed by atoms with Crippen LogP contribution in [0.25, 0.3) is 38.9 Å². The molecule has 2 aromatic heterocycles. The van der Waals surface area contributed by atoms with Crippen LogP contribution in [0.1, 0.15) is 12.5 Å². The van der Waals surface area contributed by atoms with Crippen LogP contribution in [0.2, 0.25) is 5.02 Å². The number of nitrogens with one attached hydrogen (secondary N) is 1. The normalized spacial score (nSPS) is 11.4. The molecule has 0 fully saturated rings. The van der Waals surface area contributed by atoms with Crippen molar-refractivity contribution >= 4 is 56.8 Å². The van der Waals surface area contributed by atoms with Gasteiger partial charge in [0.25, 0.3) is 0 Å². The quantitative estimate of drug-likeness (QED) is 0.206. The van der Waals surface area contributed by atoms with Gasteiger partial charge in [0.05, 0.1) is 5.75 Å². The molecule has 8 heteroatoms. The molecular weight excluding hydrogens is 526 g/mol. The molecule has 0 spiro atoms. The molecule has 0 unspecified atom stereocenters. The van der Waals surface area contributed by atoms with Crippen molar-refractivity contribution in [2.75, 3.05) is 11.1 Å². The second-order valence-electron chi connectivity index (χ2n) is 9.32. The lowest BCUT2D eigenvalue weighted by Crippen LogP contribution is -2.14. The molecule has 0 saturated carbocycles. The number of amides is 1. The van der Waals surface area contributed by atoms with Crippen LogP contribution >= 0.6 is 23.4 Å². The molecule has 1 amide bonds. The molecule has 6 aromatic rings. The largest absolute Gasteiger partial charge is 0.341 e. The summed E-state index contributed by atoms with van der Waals surface area (Å²) >= 11 is 7.50. The van der Waals surface area contributed by atoms with Gasteiger partial charge in [-0.2, -0.15) is 0 Å². The van der Waals surface area contributed by atoms with Gasteiger partial charge in [0, 0.05) is 50.3 Å². The summed E-state index contributed by atoms with van der Waals surface area (Å²) in [6.07, 6.45) is 0. The zero-order chi connectivity index (χ0) is 26.9. The number of thioether (sulfide) groups is 1. The minimum Gasteiger partial charge on any atom is -0.341 e. The van der Waals surface area contributed by atoms with Crippen molar-refractivity contribution in [2.24, 2.45) is 0 Å². The van der Waals surface area contributed by atoms with E-state index < -0.39 is 0 Å². The first-order valence-corrected chi connectivity index (χ1v) is 14.1. The SMILES string of the molecule is CCn1c2ccccc2c2cc(NC(=O)CSc3nnc(-c4cccc(C)c4)n3-c3ccc(Cl)cc3)ccc21. The van der Waals surface area contributed by atoms with Crippen molar-refractivity contribution in [3.63, 3.8) is 0 Å². The van der Waals surface area contributed by atoms with E-state index in [1.165, 1.54) is 22.7 Å². The van der Waals surface area contributed by atoms with Gasteiger partial charge in [0.15, 0.2) is 11.0 Å². The summed E-state index contributed by atoms with van der Waals surface area (Å²) in [6, 6.07) is 30.1. The van der Waals surface area contributed by atoms with Crippen LogP contribution in [0.5, 0.6) is 0 Å². The predicted molar refractivity (Wildman–Crippen MR) is 161 cm³/mol. The first kappa shape index (κ1) is 25.2. The van der Waals surface area contributed by atoms with Crippen molar-refractivity contribution in [1.29, 1.82) is 0 Å². The number of para-hydroxylation sites is 1. The molecule has 4 aromatic carbocycles. The minimum atomic E-state index is -0.110. The van der Waals surface area contributed by atoms with E-state index in [0.717, 1.165) is 39.9 Å². The van der Waals surface area contributed by atoms with Crippen LogP contribution in [0.3, 0.4) is 0 Å². The molecule has 0 aliphatic carbocycles. The van der Waals surface area contributed by atoms with Gasteiger partial charge in [-0.1, -0.05) is 65.3 Å². The Bertz CT molecular complexity index is 1820. The number of benzene rings is 4. The number of aryl methyl sites for hydroxylation is 2. The molecule has 0 bridgehead atoms. The van der Waals surface area contributed by atoms with Gasteiger partial charge in [0.2, 0.25) is 5.91 Å². The van der Waals surface area contributed by atoms with Crippen LogP contribution in [-0.4, -0.2) is 31.0 Å². The van der Waals surface area contributed by atoms with Crippen LogP contribution < -0.4 is 5.32 Å². The van der Waals surface area contributed by atoms with Crippen molar-refractivity contribution in [1.82, 2.24) is 19.3 Å². The molecule has 6 rings (SSSR count). The number of carbonyl (C=O) groups excluding carboxylic acids is 1. The van der Waals surface area contributed by atoms with Crippen molar-refractivity contribution in [3.8, 4) is 17.1 Å². The Morgan fingerprint density at radius 3 is 2.49 bits per heavy atom. The molecule has 1 N–H and O–H groups in total. The van der Waals surface area contributed by atoms with Gasteiger partial charge in [0.1, 0.15) is 0 Å². The first-order chi connectivity index (χ1) is 19.0. The molecule has 0 radical (unpaired) electrons.